The van der Waals surface area contributed by atoms with Crippen molar-refractivity contribution in [2.24, 2.45) is 0 Å². The summed E-state index contributed by atoms with van der Waals surface area (Å²) in [6.07, 6.45) is 79.5. The van der Waals surface area contributed by atoms with Crippen molar-refractivity contribution in [3.63, 3.8) is 0 Å². The van der Waals surface area contributed by atoms with Gasteiger partial charge in [0, 0.05) is 19.3 Å². The van der Waals surface area contributed by atoms with E-state index in [4.69, 9.17) is 14.2 Å². The van der Waals surface area contributed by atoms with Gasteiger partial charge in [-0.3, -0.25) is 14.4 Å². The van der Waals surface area contributed by atoms with Crippen molar-refractivity contribution in [2.75, 3.05) is 13.2 Å². The molecule has 1 unspecified atom stereocenters. The van der Waals surface area contributed by atoms with Crippen LogP contribution in [0, 0.1) is 0 Å². The molecule has 0 aromatic rings. The molecule has 0 aromatic heterocycles. The van der Waals surface area contributed by atoms with Gasteiger partial charge in [0.2, 0.25) is 0 Å². The van der Waals surface area contributed by atoms with Crippen LogP contribution >= 0.6 is 0 Å². The average molecular weight is 1040 g/mol. The van der Waals surface area contributed by atoms with Gasteiger partial charge < -0.3 is 14.2 Å². The van der Waals surface area contributed by atoms with E-state index < -0.39 is 6.10 Å². The minimum Gasteiger partial charge on any atom is -0.462 e. The number of rotatable bonds is 59. The third kappa shape index (κ3) is 60.0. The highest BCUT2D eigenvalue weighted by Crippen LogP contribution is 2.17. The van der Waals surface area contributed by atoms with E-state index in [1.165, 1.54) is 218 Å². The number of carbonyl (C=O) groups is 3. The minimum absolute atomic E-state index is 0.0731. The lowest BCUT2D eigenvalue weighted by Crippen LogP contribution is -2.30. The number of hydrogen-bond donors (Lipinski definition) is 0. The lowest BCUT2D eigenvalue weighted by molar-refractivity contribution is -0.167. The Morgan fingerprint density at radius 3 is 0.784 bits per heavy atom. The highest BCUT2D eigenvalue weighted by molar-refractivity contribution is 5.71. The smallest absolute Gasteiger partial charge is 0.306 e. The summed E-state index contributed by atoms with van der Waals surface area (Å²) in [5, 5.41) is 0. The first-order valence-electron chi connectivity index (χ1n) is 32.3. The summed E-state index contributed by atoms with van der Waals surface area (Å²) in [5.41, 5.74) is 0. The topological polar surface area (TPSA) is 78.9 Å². The molecule has 0 radical (unpaired) electrons. The molecule has 0 aromatic carbocycles. The van der Waals surface area contributed by atoms with Crippen molar-refractivity contribution in [3.05, 3.63) is 60.8 Å². The van der Waals surface area contributed by atoms with E-state index in [9.17, 15) is 14.4 Å². The zero-order chi connectivity index (χ0) is 53.6. The van der Waals surface area contributed by atoms with E-state index in [1.807, 2.05) is 0 Å². The number of unbranched alkanes of at least 4 members (excludes halogenated alkanes) is 38. The van der Waals surface area contributed by atoms with E-state index in [2.05, 4.69) is 81.5 Å². The molecule has 0 heterocycles. The van der Waals surface area contributed by atoms with Gasteiger partial charge in [-0.25, -0.2) is 0 Å². The molecule has 0 N–H and O–H groups in total. The highest BCUT2D eigenvalue weighted by atomic mass is 16.6. The van der Waals surface area contributed by atoms with Crippen LogP contribution in [0.3, 0.4) is 0 Å². The molecule has 6 nitrogen and oxygen atoms in total. The molecule has 0 aliphatic heterocycles. The van der Waals surface area contributed by atoms with Crippen LogP contribution in [0.2, 0.25) is 0 Å². The molecule has 0 saturated carbocycles. The van der Waals surface area contributed by atoms with Crippen LogP contribution in [0.25, 0.3) is 0 Å². The maximum absolute atomic E-state index is 12.9. The molecule has 0 spiro atoms. The van der Waals surface area contributed by atoms with E-state index in [0.29, 0.717) is 19.3 Å². The Morgan fingerprint density at radius 1 is 0.270 bits per heavy atom. The van der Waals surface area contributed by atoms with Gasteiger partial charge in [0.15, 0.2) is 6.10 Å². The average Bonchev–Trinajstić information content (AvgIpc) is 3.40. The Morgan fingerprint density at radius 2 is 0.486 bits per heavy atom. The molecule has 74 heavy (non-hydrogen) atoms. The van der Waals surface area contributed by atoms with E-state index >= 15 is 0 Å². The van der Waals surface area contributed by atoms with Gasteiger partial charge in [-0.2, -0.15) is 0 Å². The van der Waals surface area contributed by atoms with Gasteiger partial charge in [-0.1, -0.05) is 287 Å². The van der Waals surface area contributed by atoms with Crippen molar-refractivity contribution in [1.82, 2.24) is 0 Å². The molecular formula is C68H122O6. The van der Waals surface area contributed by atoms with Crippen LogP contribution in [0.4, 0.5) is 0 Å². The van der Waals surface area contributed by atoms with Crippen LogP contribution in [-0.4, -0.2) is 37.2 Å². The summed E-state index contributed by atoms with van der Waals surface area (Å²) in [6, 6.07) is 0. The van der Waals surface area contributed by atoms with Gasteiger partial charge >= 0.3 is 17.9 Å². The molecule has 0 rings (SSSR count). The second kappa shape index (κ2) is 62.6. The Labute approximate surface area is 460 Å². The van der Waals surface area contributed by atoms with Crippen LogP contribution in [-0.2, 0) is 28.6 Å². The summed E-state index contributed by atoms with van der Waals surface area (Å²) in [6.45, 7) is 6.63. The second-order valence-corrected chi connectivity index (χ2v) is 21.7. The second-order valence-electron chi connectivity index (χ2n) is 21.7. The van der Waals surface area contributed by atoms with Gasteiger partial charge in [-0.15, -0.1) is 0 Å². The lowest BCUT2D eigenvalue weighted by atomic mass is 10.0. The number of hydrogen-bond acceptors (Lipinski definition) is 6. The predicted octanol–water partition coefficient (Wildman–Crippen LogP) is 21.9. The van der Waals surface area contributed by atoms with Gasteiger partial charge in [0.1, 0.15) is 13.2 Å². The molecule has 0 saturated heterocycles. The largest absolute Gasteiger partial charge is 0.462 e. The molecule has 430 valence electrons. The fourth-order valence-electron chi connectivity index (χ4n) is 9.36. The molecule has 0 aliphatic carbocycles. The third-order valence-corrected chi connectivity index (χ3v) is 14.2. The SMILES string of the molecule is CCCCC/C=C\C/C=C\CCCCCCCCCCCC(=O)OC(COC(=O)CCCCCCCCCCCC)COC(=O)CCCCCCCCCCCCCC/C=C\C/C=C\C/C=C\CCCCCCC. The monoisotopic (exact) mass is 1030 g/mol. The third-order valence-electron chi connectivity index (χ3n) is 14.2. The van der Waals surface area contributed by atoms with Gasteiger partial charge in [-0.05, 0) is 89.9 Å². The summed E-state index contributed by atoms with van der Waals surface area (Å²) in [5.74, 6) is -0.864. The molecule has 6 heteroatoms. The molecule has 0 bridgehead atoms. The number of allylic oxidation sites excluding steroid dienone is 10. The van der Waals surface area contributed by atoms with Gasteiger partial charge in [0.25, 0.3) is 0 Å². The number of carbonyl (C=O) groups excluding carboxylic acids is 3. The molecule has 0 amide bonds. The van der Waals surface area contributed by atoms with Crippen LogP contribution in [0.1, 0.15) is 335 Å². The lowest BCUT2D eigenvalue weighted by Gasteiger charge is -2.18. The molecule has 0 aliphatic rings. The normalized spacial score (nSPS) is 12.4. The fourth-order valence-corrected chi connectivity index (χ4v) is 9.36. The first-order valence-corrected chi connectivity index (χ1v) is 32.3. The van der Waals surface area contributed by atoms with Crippen LogP contribution < -0.4 is 0 Å². The summed E-state index contributed by atoms with van der Waals surface area (Å²) < 4.78 is 16.9. The quantitative estimate of drug-likeness (QED) is 0.0261. The van der Waals surface area contributed by atoms with Crippen LogP contribution in [0.5, 0.6) is 0 Å². The van der Waals surface area contributed by atoms with E-state index in [1.54, 1.807) is 0 Å². The predicted molar refractivity (Wildman–Crippen MR) is 321 cm³/mol. The van der Waals surface area contributed by atoms with Crippen molar-refractivity contribution in [2.45, 2.75) is 341 Å². The van der Waals surface area contributed by atoms with E-state index in [-0.39, 0.29) is 31.1 Å². The molecular weight excluding hydrogens is 913 g/mol. The first-order chi connectivity index (χ1) is 36.5. The summed E-state index contributed by atoms with van der Waals surface area (Å²) >= 11 is 0. The Kier molecular flexibility index (Phi) is 60.2. The maximum Gasteiger partial charge on any atom is 0.306 e. The Hall–Kier alpha value is -2.89. The highest BCUT2D eigenvalue weighted by Gasteiger charge is 2.19. The maximum atomic E-state index is 12.9. The Bertz CT molecular complexity index is 1330. The number of esters is 3. The summed E-state index contributed by atoms with van der Waals surface area (Å²) in [4.78, 5) is 38.2. The van der Waals surface area contributed by atoms with Crippen molar-refractivity contribution < 1.29 is 28.6 Å². The van der Waals surface area contributed by atoms with Crippen molar-refractivity contribution in [1.29, 1.82) is 0 Å². The Balaban J connectivity index is 4.21. The molecule has 0 fully saturated rings. The fraction of sp³-hybridized carbons (Fsp3) is 0.809. The van der Waals surface area contributed by atoms with Crippen LogP contribution in [0.15, 0.2) is 60.8 Å². The van der Waals surface area contributed by atoms with E-state index in [0.717, 1.165) is 77.0 Å². The first kappa shape index (κ1) is 71.1. The zero-order valence-corrected chi connectivity index (χ0v) is 49.4. The zero-order valence-electron chi connectivity index (χ0n) is 49.4. The minimum atomic E-state index is -0.775. The van der Waals surface area contributed by atoms with Crippen molar-refractivity contribution >= 4 is 17.9 Å². The summed E-state index contributed by atoms with van der Waals surface area (Å²) in [7, 11) is 0. The number of ether oxygens (including phenoxy) is 3. The van der Waals surface area contributed by atoms with Crippen molar-refractivity contribution in [3.8, 4) is 0 Å². The standard InChI is InChI=1S/C68H122O6/c1-4-7-10-13-16-19-22-24-26-28-30-31-32-33-34-35-36-37-39-40-42-44-46-49-52-55-58-61-67(70)73-64-65(63-72-66(69)60-57-54-51-48-21-18-15-12-9-6-3)74-68(71)62-59-56-53-50-47-45-43-41-38-29-27-25-23-20-17-14-11-8-5-2/h17,20,22,24-25,27-28,30,32-33,65H,4-16,18-19,21,23,26,29,31,34-64H2,1-3H3/b20-17-,24-22-,27-25-,30-28-,33-32-. The van der Waals surface area contributed by atoms with Gasteiger partial charge in [0.05, 0.1) is 0 Å². The molecule has 1 atom stereocenters.